The van der Waals surface area contributed by atoms with Crippen LogP contribution in [0.25, 0.3) is 11.5 Å². The second-order valence-electron chi connectivity index (χ2n) is 5.42. The summed E-state index contributed by atoms with van der Waals surface area (Å²) < 4.78 is 5.40. The second-order valence-corrected chi connectivity index (χ2v) is 5.42. The molecule has 0 aliphatic rings. The van der Waals surface area contributed by atoms with Crippen LogP contribution in [0.3, 0.4) is 0 Å². The number of hydrogen-bond acceptors (Lipinski definition) is 4. The molecule has 3 aromatic rings. The summed E-state index contributed by atoms with van der Waals surface area (Å²) in [5.74, 6) is 0.888. The van der Waals surface area contributed by atoms with Gasteiger partial charge in [-0.1, -0.05) is 35.9 Å². The third-order valence-corrected chi connectivity index (χ3v) is 3.40. The summed E-state index contributed by atoms with van der Waals surface area (Å²) in [5, 5.41) is 10.7. The first-order valence-corrected chi connectivity index (χ1v) is 7.36. The molecule has 0 saturated heterocycles. The summed E-state index contributed by atoms with van der Waals surface area (Å²) in [6.07, 6.45) is 0.337. The smallest absolute Gasteiger partial charge is 0.247 e. The molecule has 1 N–H and O–H groups in total. The maximum Gasteiger partial charge on any atom is 0.247 e. The van der Waals surface area contributed by atoms with E-state index in [-0.39, 0.29) is 5.91 Å². The number of hydrogen-bond donors (Lipinski definition) is 1. The van der Waals surface area contributed by atoms with Gasteiger partial charge in [0.15, 0.2) is 0 Å². The summed E-state index contributed by atoms with van der Waals surface area (Å²) >= 11 is 0. The highest BCUT2D eigenvalue weighted by Crippen LogP contribution is 2.21. The predicted molar refractivity (Wildman–Crippen MR) is 88.0 cm³/mol. The Hall–Kier alpha value is -2.95. The van der Waals surface area contributed by atoms with Gasteiger partial charge in [0.25, 0.3) is 0 Å². The van der Waals surface area contributed by atoms with Gasteiger partial charge in [0.1, 0.15) is 0 Å². The number of anilines is 1. The Kier molecular flexibility index (Phi) is 4.19. The van der Waals surface area contributed by atoms with Crippen molar-refractivity contribution in [3.05, 3.63) is 65.5 Å². The van der Waals surface area contributed by atoms with Crippen LogP contribution in [0.15, 0.2) is 52.9 Å². The zero-order chi connectivity index (χ0) is 16.2. The van der Waals surface area contributed by atoms with Gasteiger partial charge in [0, 0.05) is 18.2 Å². The van der Waals surface area contributed by atoms with Gasteiger partial charge in [-0.2, -0.15) is 0 Å². The minimum Gasteiger partial charge on any atom is -0.421 e. The highest BCUT2D eigenvalue weighted by atomic mass is 16.4. The number of aromatic nitrogens is 2. The third kappa shape index (κ3) is 3.83. The fraction of sp³-hybridized carbons (Fsp3) is 0.167. The lowest BCUT2D eigenvalue weighted by atomic mass is 10.1. The van der Waals surface area contributed by atoms with Crippen molar-refractivity contribution in [3.63, 3.8) is 0 Å². The molecule has 5 nitrogen and oxygen atoms in total. The Morgan fingerprint density at radius 2 is 1.87 bits per heavy atom. The Balaban J connectivity index is 1.70. The number of rotatable bonds is 4. The predicted octanol–water partition coefficient (Wildman–Crippen LogP) is 3.53. The molecule has 0 unspecified atom stereocenters. The van der Waals surface area contributed by atoms with E-state index in [1.807, 2.05) is 55.5 Å². The molecule has 0 radical (unpaired) electrons. The quantitative estimate of drug-likeness (QED) is 0.800. The second kappa shape index (κ2) is 6.44. The van der Waals surface area contributed by atoms with Crippen molar-refractivity contribution in [3.8, 4) is 11.5 Å². The monoisotopic (exact) mass is 307 g/mol. The van der Waals surface area contributed by atoms with Crippen molar-refractivity contribution in [2.24, 2.45) is 0 Å². The number of carbonyl (C=O) groups is 1. The maximum atomic E-state index is 12.2. The standard InChI is InChI=1S/C18H17N3O2/c1-12-6-8-14(9-7-12)10-17(22)19-16-5-3-4-15(11-16)18-21-20-13(2)23-18/h3-9,11H,10H2,1-2H3,(H,19,22). The van der Waals surface area contributed by atoms with E-state index >= 15 is 0 Å². The molecule has 116 valence electrons. The van der Waals surface area contributed by atoms with Crippen LogP contribution in [-0.4, -0.2) is 16.1 Å². The van der Waals surface area contributed by atoms with E-state index in [9.17, 15) is 4.79 Å². The Morgan fingerprint density at radius 1 is 1.09 bits per heavy atom. The molecular weight excluding hydrogens is 290 g/mol. The van der Waals surface area contributed by atoms with Crippen LogP contribution in [-0.2, 0) is 11.2 Å². The number of nitrogens with one attached hydrogen (secondary N) is 1. The Bertz CT molecular complexity index is 822. The summed E-state index contributed by atoms with van der Waals surface area (Å²) in [7, 11) is 0. The molecular formula is C18H17N3O2. The summed E-state index contributed by atoms with van der Waals surface area (Å²) in [5.41, 5.74) is 3.64. The van der Waals surface area contributed by atoms with Crippen LogP contribution in [0.1, 0.15) is 17.0 Å². The highest BCUT2D eigenvalue weighted by molar-refractivity contribution is 5.92. The zero-order valence-corrected chi connectivity index (χ0v) is 13.0. The van der Waals surface area contributed by atoms with Crippen LogP contribution in [0.2, 0.25) is 0 Å². The number of nitrogens with zero attached hydrogens (tertiary/aromatic N) is 2. The van der Waals surface area contributed by atoms with Crippen molar-refractivity contribution in [1.29, 1.82) is 0 Å². The van der Waals surface area contributed by atoms with E-state index in [0.29, 0.717) is 23.9 Å². The lowest BCUT2D eigenvalue weighted by molar-refractivity contribution is -0.115. The largest absolute Gasteiger partial charge is 0.421 e. The van der Waals surface area contributed by atoms with Crippen molar-refractivity contribution in [1.82, 2.24) is 10.2 Å². The number of aryl methyl sites for hydroxylation is 2. The van der Waals surface area contributed by atoms with Crippen LogP contribution < -0.4 is 5.32 Å². The van der Waals surface area contributed by atoms with Gasteiger partial charge in [0.05, 0.1) is 6.42 Å². The van der Waals surface area contributed by atoms with Gasteiger partial charge in [-0.3, -0.25) is 4.79 Å². The molecule has 0 saturated carbocycles. The highest BCUT2D eigenvalue weighted by Gasteiger charge is 2.08. The molecule has 5 heteroatoms. The molecule has 0 atom stereocenters. The van der Waals surface area contributed by atoms with E-state index in [0.717, 1.165) is 11.1 Å². The van der Waals surface area contributed by atoms with Crippen LogP contribution in [0.5, 0.6) is 0 Å². The van der Waals surface area contributed by atoms with Crippen molar-refractivity contribution in [2.75, 3.05) is 5.32 Å². The molecule has 0 bridgehead atoms. The van der Waals surface area contributed by atoms with Gasteiger partial charge in [-0.05, 0) is 30.7 Å². The first-order chi connectivity index (χ1) is 11.1. The van der Waals surface area contributed by atoms with E-state index in [1.165, 1.54) is 5.56 Å². The minimum atomic E-state index is -0.0623. The fourth-order valence-electron chi connectivity index (χ4n) is 2.24. The molecule has 3 rings (SSSR count). The van der Waals surface area contributed by atoms with Gasteiger partial charge in [-0.25, -0.2) is 0 Å². The van der Waals surface area contributed by atoms with Crippen molar-refractivity contribution < 1.29 is 9.21 Å². The summed E-state index contributed by atoms with van der Waals surface area (Å²) in [6.45, 7) is 3.76. The minimum absolute atomic E-state index is 0.0623. The molecule has 1 aromatic heterocycles. The number of carbonyl (C=O) groups excluding carboxylic acids is 1. The maximum absolute atomic E-state index is 12.2. The first kappa shape index (κ1) is 15.0. The Labute approximate surface area is 134 Å². The molecule has 1 heterocycles. The molecule has 0 aliphatic heterocycles. The summed E-state index contributed by atoms with van der Waals surface area (Å²) in [4.78, 5) is 12.2. The molecule has 1 amide bonds. The average molecular weight is 307 g/mol. The lowest BCUT2D eigenvalue weighted by Gasteiger charge is -2.06. The SMILES string of the molecule is Cc1ccc(CC(=O)Nc2cccc(-c3nnc(C)o3)c2)cc1. The van der Waals surface area contributed by atoms with E-state index in [1.54, 1.807) is 6.92 Å². The van der Waals surface area contributed by atoms with Gasteiger partial charge < -0.3 is 9.73 Å². The average Bonchev–Trinajstić information content (AvgIpc) is 2.96. The Morgan fingerprint density at radius 3 is 2.57 bits per heavy atom. The fourth-order valence-corrected chi connectivity index (χ4v) is 2.24. The van der Waals surface area contributed by atoms with E-state index < -0.39 is 0 Å². The molecule has 0 spiro atoms. The molecule has 23 heavy (non-hydrogen) atoms. The van der Waals surface area contributed by atoms with Gasteiger partial charge in [-0.15, -0.1) is 10.2 Å². The number of benzene rings is 2. The summed E-state index contributed by atoms with van der Waals surface area (Å²) in [6, 6.07) is 15.3. The van der Waals surface area contributed by atoms with E-state index in [2.05, 4.69) is 15.5 Å². The zero-order valence-electron chi connectivity index (χ0n) is 13.0. The molecule has 0 fully saturated rings. The van der Waals surface area contributed by atoms with Gasteiger partial charge in [0.2, 0.25) is 17.7 Å². The topological polar surface area (TPSA) is 68.0 Å². The third-order valence-electron chi connectivity index (χ3n) is 3.40. The molecule has 0 aliphatic carbocycles. The van der Waals surface area contributed by atoms with Crippen LogP contribution in [0, 0.1) is 13.8 Å². The first-order valence-electron chi connectivity index (χ1n) is 7.36. The number of amides is 1. The van der Waals surface area contributed by atoms with E-state index in [4.69, 9.17) is 4.42 Å². The lowest BCUT2D eigenvalue weighted by Crippen LogP contribution is -2.14. The molecule has 2 aromatic carbocycles. The van der Waals surface area contributed by atoms with Gasteiger partial charge >= 0.3 is 0 Å². The van der Waals surface area contributed by atoms with Crippen LogP contribution in [0.4, 0.5) is 5.69 Å². The van der Waals surface area contributed by atoms with Crippen LogP contribution >= 0.6 is 0 Å². The van der Waals surface area contributed by atoms with Crippen molar-refractivity contribution >= 4 is 11.6 Å². The normalized spacial score (nSPS) is 10.5. The van der Waals surface area contributed by atoms with Crippen molar-refractivity contribution in [2.45, 2.75) is 20.3 Å².